The number of ketones is 1. The fourth-order valence-electron chi connectivity index (χ4n) is 2.99. The summed E-state index contributed by atoms with van der Waals surface area (Å²) in [6.45, 7) is 5.97. The summed E-state index contributed by atoms with van der Waals surface area (Å²) in [5, 5.41) is 7.98. The summed E-state index contributed by atoms with van der Waals surface area (Å²) < 4.78 is 7.20. The smallest absolute Gasteiger partial charge is 0.227 e. The first-order valence-corrected chi connectivity index (χ1v) is 10.3. The van der Waals surface area contributed by atoms with Crippen LogP contribution in [0.5, 0.6) is 5.75 Å². The summed E-state index contributed by atoms with van der Waals surface area (Å²) in [5.41, 5.74) is 3.30. The van der Waals surface area contributed by atoms with Crippen LogP contribution < -0.4 is 10.1 Å². The van der Waals surface area contributed by atoms with Gasteiger partial charge < -0.3 is 10.1 Å². The lowest BCUT2D eigenvalue weighted by Crippen LogP contribution is -2.03. The molecular formula is C22H26ClN5O2. The van der Waals surface area contributed by atoms with Gasteiger partial charge in [0.05, 0.1) is 24.0 Å². The molecule has 7 nitrogen and oxygen atoms in total. The predicted molar refractivity (Wildman–Crippen MR) is 118 cm³/mol. The Kier molecular flexibility index (Phi) is 7.05. The number of hydrogen-bond acceptors (Lipinski definition) is 6. The van der Waals surface area contributed by atoms with Crippen LogP contribution in [-0.4, -0.2) is 32.6 Å². The molecule has 0 radical (unpaired) electrons. The lowest BCUT2D eigenvalue weighted by Gasteiger charge is -2.12. The van der Waals surface area contributed by atoms with Crippen molar-refractivity contribution in [1.82, 2.24) is 19.7 Å². The average Bonchev–Trinajstić information content (AvgIpc) is 3.22. The maximum Gasteiger partial charge on any atom is 0.227 e. The highest BCUT2D eigenvalue weighted by atomic mass is 35.5. The number of methoxy groups -OCH3 is 1. The first-order valence-electron chi connectivity index (χ1n) is 9.93. The first kappa shape index (κ1) is 21.8. The molecule has 0 aliphatic heterocycles. The van der Waals surface area contributed by atoms with Gasteiger partial charge in [-0.3, -0.25) is 9.48 Å². The predicted octanol–water partition coefficient (Wildman–Crippen LogP) is 5.04. The third kappa shape index (κ3) is 5.16. The Bertz CT molecular complexity index is 1010. The number of benzene rings is 1. The van der Waals surface area contributed by atoms with Gasteiger partial charge in [-0.1, -0.05) is 18.5 Å². The molecular weight excluding hydrogens is 402 g/mol. The van der Waals surface area contributed by atoms with E-state index in [4.69, 9.17) is 16.3 Å². The Morgan fingerprint density at radius 3 is 2.53 bits per heavy atom. The van der Waals surface area contributed by atoms with E-state index >= 15 is 0 Å². The average molecular weight is 428 g/mol. The van der Waals surface area contributed by atoms with E-state index in [1.54, 1.807) is 31.8 Å². The third-order valence-corrected chi connectivity index (χ3v) is 5.18. The van der Waals surface area contributed by atoms with Gasteiger partial charge in [0.2, 0.25) is 5.95 Å². The van der Waals surface area contributed by atoms with E-state index in [2.05, 4.69) is 34.2 Å². The van der Waals surface area contributed by atoms with Gasteiger partial charge in [-0.2, -0.15) is 5.10 Å². The highest BCUT2D eigenvalue weighted by Gasteiger charge is 2.14. The molecule has 0 saturated carbocycles. The lowest BCUT2D eigenvalue weighted by atomic mass is 10.0. The molecule has 1 aromatic carbocycles. The van der Waals surface area contributed by atoms with Crippen LogP contribution in [0.25, 0.3) is 0 Å². The Balaban J connectivity index is 1.68. The van der Waals surface area contributed by atoms with Gasteiger partial charge in [0.25, 0.3) is 0 Å². The Morgan fingerprint density at radius 2 is 1.93 bits per heavy atom. The number of rotatable bonds is 9. The second-order valence-electron chi connectivity index (χ2n) is 7.27. The van der Waals surface area contributed by atoms with Crippen molar-refractivity contribution in [2.24, 2.45) is 0 Å². The van der Waals surface area contributed by atoms with Crippen molar-refractivity contribution in [2.75, 3.05) is 12.4 Å². The molecule has 1 N–H and O–H groups in total. The fourth-order valence-corrected chi connectivity index (χ4v) is 3.27. The van der Waals surface area contributed by atoms with Gasteiger partial charge in [0, 0.05) is 36.6 Å². The third-order valence-electron chi connectivity index (χ3n) is 4.75. The monoisotopic (exact) mass is 427 g/mol. The molecule has 2 heterocycles. The Labute approximate surface area is 181 Å². The van der Waals surface area contributed by atoms with Gasteiger partial charge in [-0.15, -0.1) is 0 Å². The van der Waals surface area contributed by atoms with E-state index in [9.17, 15) is 4.79 Å². The van der Waals surface area contributed by atoms with E-state index in [0.717, 1.165) is 16.8 Å². The van der Waals surface area contributed by atoms with Crippen LogP contribution in [0.3, 0.4) is 0 Å². The molecule has 0 spiro atoms. The molecule has 0 fully saturated rings. The van der Waals surface area contributed by atoms with Gasteiger partial charge in [-0.25, -0.2) is 9.97 Å². The topological polar surface area (TPSA) is 81.9 Å². The fraction of sp³-hybridized carbons (Fsp3) is 0.364. The van der Waals surface area contributed by atoms with E-state index in [1.165, 1.54) is 0 Å². The molecule has 2 aromatic heterocycles. The zero-order valence-electron chi connectivity index (χ0n) is 17.6. The van der Waals surface area contributed by atoms with Crippen molar-refractivity contribution in [3.8, 4) is 5.75 Å². The van der Waals surface area contributed by atoms with Crippen LogP contribution >= 0.6 is 11.6 Å². The van der Waals surface area contributed by atoms with Crippen LogP contribution in [0.2, 0.25) is 5.02 Å². The first-order chi connectivity index (χ1) is 14.4. The van der Waals surface area contributed by atoms with Crippen LogP contribution in [0.4, 0.5) is 11.6 Å². The minimum atomic E-state index is 0.0609. The van der Waals surface area contributed by atoms with Crippen molar-refractivity contribution in [3.63, 3.8) is 0 Å². The number of nitrogens with zero attached hydrogens (tertiary/aromatic N) is 4. The number of carbonyl (C=O) groups is 1. The van der Waals surface area contributed by atoms with Crippen molar-refractivity contribution in [1.29, 1.82) is 0 Å². The summed E-state index contributed by atoms with van der Waals surface area (Å²) in [6.07, 6.45) is 9.01. The van der Waals surface area contributed by atoms with Crippen LogP contribution in [0.1, 0.15) is 54.7 Å². The number of aryl methyl sites for hydroxylation is 2. The largest absolute Gasteiger partial charge is 0.495 e. The second-order valence-corrected chi connectivity index (χ2v) is 7.65. The van der Waals surface area contributed by atoms with E-state index in [-0.39, 0.29) is 5.78 Å². The number of hydrogen-bond donors (Lipinski definition) is 1. The number of ether oxygens (including phenoxy) is 1. The quantitative estimate of drug-likeness (QED) is 0.482. The maximum absolute atomic E-state index is 12.1. The molecule has 3 rings (SSSR count). The molecule has 0 unspecified atom stereocenters. The minimum absolute atomic E-state index is 0.0609. The highest BCUT2D eigenvalue weighted by molar-refractivity contribution is 6.33. The number of nitrogens with one attached hydrogen (secondary N) is 1. The molecule has 3 aromatic rings. The van der Waals surface area contributed by atoms with Gasteiger partial charge in [-0.05, 0) is 49.9 Å². The van der Waals surface area contributed by atoms with Crippen molar-refractivity contribution >= 4 is 29.0 Å². The summed E-state index contributed by atoms with van der Waals surface area (Å²) in [7, 11) is 1.55. The summed E-state index contributed by atoms with van der Waals surface area (Å²) in [4.78, 5) is 20.9. The number of carbonyl (C=O) groups excluding carboxylic acids is 1. The number of Topliss-reactive ketones (excluding diaryl/α,β-unsaturated/α-hetero) is 1. The van der Waals surface area contributed by atoms with E-state index in [0.29, 0.717) is 47.6 Å². The molecule has 30 heavy (non-hydrogen) atoms. The van der Waals surface area contributed by atoms with E-state index in [1.807, 2.05) is 23.9 Å². The molecule has 0 amide bonds. The van der Waals surface area contributed by atoms with Gasteiger partial charge in [0.1, 0.15) is 5.75 Å². The molecule has 0 bridgehead atoms. The van der Waals surface area contributed by atoms with Gasteiger partial charge in [0.15, 0.2) is 5.78 Å². The SMILES string of the molecule is CCC(=O)c1cc(CCc2cnc(Nc3cnn(C(C)C)c3)nc2)c(Cl)c(OC)c1. The van der Waals surface area contributed by atoms with Crippen LogP contribution in [0.15, 0.2) is 36.9 Å². The zero-order valence-corrected chi connectivity index (χ0v) is 18.4. The van der Waals surface area contributed by atoms with Crippen molar-refractivity contribution in [3.05, 3.63) is 58.6 Å². The van der Waals surface area contributed by atoms with Crippen molar-refractivity contribution < 1.29 is 9.53 Å². The summed E-state index contributed by atoms with van der Waals surface area (Å²) in [6, 6.07) is 3.84. The summed E-state index contributed by atoms with van der Waals surface area (Å²) >= 11 is 6.45. The number of anilines is 2. The molecule has 0 aliphatic carbocycles. The number of aromatic nitrogens is 4. The Morgan fingerprint density at radius 1 is 1.20 bits per heavy atom. The van der Waals surface area contributed by atoms with E-state index < -0.39 is 0 Å². The molecule has 158 valence electrons. The highest BCUT2D eigenvalue weighted by Crippen LogP contribution is 2.31. The molecule has 0 atom stereocenters. The van der Waals surface area contributed by atoms with Crippen LogP contribution in [0, 0.1) is 0 Å². The van der Waals surface area contributed by atoms with Crippen molar-refractivity contribution in [2.45, 2.75) is 46.1 Å². The van der Waals surface area contributed by atoms with Gasteiger partial charge >= 0.3 is 0 Å². The Hall–Kier alpha value is -2.93. The zero-order chi connectivity index (χ0) is 21.7. The standard InChI is InChI=1S/C22H26ClN5O2/c1-5-19(29)17-8-16(21(23)20(9-17)30-4)7-6-15-10-24-22(25-11-15)27-18-12-26-28(13-18)14(2)3/h8-14H,5-7H2,1-4H3,(H,24,25,27). The van der Waals surface area contributed by atoms with Crippen LogP contribution in [-0.2, 0) is 12.8 Å². The molecule has 8 heteroatoms. The summed E-state index contributed by atoms with van der Waals surface area (Å²) in [5.74, 6) is 1.09. The molecule has 0 aliphatic rings. The molecule has 0 saturated heterocycles. The lowest BCUT2D eigenvalue weighted by molar-refractivity contribution is 0.0987. The maximum atomic E-state index is 12.1. The minimum Gasteiger partial charge on any atom is -0.495 e. The second kappa shape index (κ2) is 9.71. The number of halogens is 1. The normalized spacial score (nSPS) is 11.0.